The number of ether oxygens (including phenoxy) is 2. The average Bonchev–Trinajstić information content (AvgIpc) is 3.06. The van der Waals surface area contributed by atoms with Crippen molar-refractivity contribution in [1.29, 1.82) is 0 Å². The van der Waals surface area contributed by atoms with Crippen LogP contribution < -0.4 is 9.47 Å². The third kappa shape index (κ3) is 4.16. The van der Waals surface area contributed by atoms with Crippen LogP contribution in [0.4, 0.5) is 17.6 Å². The Bertz CT molecular complexity index is 913. The van der Waals surface area contributed by atoms with Gasteiger partial charge in [-0.1, -0.05) is 0 Å². The number of alkyl halides is 3. The Morgan fingerprint density at radius 1 is 1.14 bits per heavy atom. The average molecular weight is 412 g/mol. The van der Waals surface area contributed by atoms with Gasteiger partial charge < -0.3 is 14.6 Å². The van der Waals surface area contributed by atoms with Crippen LogP contribution in [0.25, 0.3) is 0 Å². The monoisotopic (exact) mass is 412 g/mol. The van der Waals surface area contributed by atoms with Crippen molar-refractivity contribution in [2.75, 3.05) is 13.7 Å². The maximum absolute atomic E-state index is 13.6. The van der Waals surface area contributed by atoms with E-state index in [0.29, 0.717) is 11.3 Å². The van der Waals surface area contributed by atoms with E-state index >= 15 is 0 Å². The van der Waals surface area contributed by atoms with E-state index in [0.717, 1.165) is 12.1 Å². The van der Waals surface area contributed by atoms with Gasteiger partial charge in [-0.15, -0.1) is 0 Å². The molecule has 2 aromatic carbocycles. The van der Waals surface area contributed by atoms with E-state index in [-0.39, 0.29) is 16.5 Å². The van der Waals surface area contributed by atoms with E-state index in [1.807, 2.05) is 0 Å². The number of rotatable bonds is 5. The molecule has 10 heteroatoms. The first-order chi connectivity index (χ1) is 13.6. The fraction of sp³-hybridized carbons (Fsp3) is 0.263. The number of carbonyl (C=O) groups is 1. The summed E-state index contributed by atoms with van der Waals surface area (Å²) >= 11 is 0. The SMILES string of the molecule is COc1ccc(C2=NN(C(=O)COc3ccc(F)cc3)[C@](O)(C(F)(F)F)C2)cc1. The molecule has 0 bridgehead atoms. The first-order valence-corrected chi connectivity index (χ1v) is 8.36. The minimum atomic E-state index is -5.16. The number of hydrazone groups is 1. The fourth-order valence-electron chi connectivity index (χ4n) is 2.71. The van der Waals surface area contributed by atoms with Crippen LogP contribution in [0.1, 0.15) is 12.0 Å². The third-order valence-electron chi connectivity index (χ3n) is 4.27. The minimum Gasteiger partial charge on any atom is -0.497 e. The van der Waals surface area contributed by atoms with E-state index in [4.69, 9.17) is 9.47 Å². The van der Waals surface area contributed by atoms with Crippen LogP contribution in [-0.2, 0) is 4.79 Å². The summed E-state index contributed by atoms with van der Waals surface area (Å²) in [5.74, 6) is -1.19. The highest BCUT2D eigenvalue weighted by molar-refractivity contribution is 6.03. The molecule has 1 aliphatic rings. The summed E-state index contributed by atoms with van der Waals surface area (Å²) < 4.78 is 63.6. The summed E-state index contributed by atoms with van der Waals surface area (Å²) in [4.78, 5) is 12.4. The lowest BCUT2D eigenvalue weighted by atomic mass is 10.0. The van der Waals surface area contributed by atoms with E-state index in [1.54, 1.807) is 0 Å². The van der Waals surface area contributed by atoms with Gasteiger partial charge in [-0.2, -0.15) is 23.3 Å². The minimum absolute atomic E-state index is 0.0178. The molecule has 0 aliphatic carbocycles. The second-order valence-corrected chi connectivity index (χ2v) is 6.21. The van der Waals surface area contributed by atoms with Gasteiger partial charge >= 0.3 is 6.18 Å². The van der Waals surface area contributed by atoms with Crippen molar-refractivity contribution in [2.24, 2.45) is 5.10 Å². The Morgan fingerprint density at radius 2 is 1.72 bits per heavy atom. The van der Waals surface area contributed by atoms with Gasteiger partial charge in [0.1, 0.15) is 17.3 Å². The molecule has 0 saturated heterocycles. The van der Waals surface area contributed by atoms with Crippen LogP contribution in [0, 0.1) is 5.82 Å². The van der Waals surface area contributed by atoms with Gasteiger partial charge in [0.15, 0.2) is 6.61 Å². The fourth-order valence-corrected chi connectivity index (χ4v) is 2.71. The Labute approximate surface area is 163 Å². The van der Waals surface area contributed by atoms with Crippen molar-refractivity contribution in [3.8, 4) is 11.5 Å². The lowest BCUT2D eigenvalue weighted by molar-refractivity contribution is -0.302. The Morgan fingerprint density at radius 3 is 2.28 bits per heavy atom. The number of amides is 1. The molecule has 0 radical (unpaired) electrons. The molecule has 2 aromatic rings. The van der Waals surface area contributed by atoms with Crippen LogP contribution in [-0.4, -0.2) is 47.4 Å². The first-order valence-electron chi connectivity index (χ1n) is 8.36. The number of methoxy groups -OCH3 is 1. The third-order valence-corrected chi connectivity index (χ3v) is 4.27. The predicted octanol–water partition coefficient (Wildman–Crippen LogP) is 3.10. The van der Waals surface area contributed by atoms with Gasteiger partial charge in [-0.05, 0) is 54.1 Å². The zero-order chi connectivity index (χ0) is 21.2. The standard InChI is InChI=1S/C19H16F4N2O4/c1-28-14-6-2-12(3-7-14)16-10-18(27,19(21,22)23)25(24-16)17(26)11-29-15-8-4-13(20)5-9-15/h2-9,27H,10-11H2,1H3/t18-/m1/s1. The number of nitrogens with zero attached hydrogens (tertiary/aromatic N) is 2. The number of hydrogen-bond acceptors (Lipinski definition) is 5. The van der Waals surface area contributed by atoms with Crippen molar-refractivity contribution in [2.45, 2.75) is 18.3 Å². The van der Waals surface area contributed by atoms with E-state index < -0.39 is 36.7 Å². The highest BCUT2D eigenvalue weighted by atomic mass is 19.4. The van der Waals surface area contributed by atoms with Crippen LogP contribution in [0.3, 0.4) is 0 Å². The normalized spacial score (nSPS) is 19.1. The summed E-state index contributed by atoms with van der Waals surface area (Å²) in [6, 6.07) is 10.6. The smallest absolute Gasteiger partial charge is 0.438 e. The summed E-state index contributed by atoms with van der Waals surface area (Å²) in [5.41, 5.74) is -3.34. The molecule has 1 amide bonds. The summed E-state index contributed by atoms with van der Waals surface area (Å²) in [6.07, 6.45) is -6.10. The Kier molecular flexibility index (Phi) is 5.47. The molecular weight excluding hydrogens is 396 g/mol. The number of hydrogen-bond donors (Lipinski definition) is 1. The molecule has 0 aromatic heterocycles. The molecule has 0 fully saturated rings. The number of carbonyl (C=O) groups excluding carboxylic acids is 1. The molecule has 1 heterocycles. The van der Waals surface area contributed by atoms with Crippen molar-refractivity contribution in [3.63, 3.8) is 0 Å². The van der Waals surface area contributed by atoms with Crippen LogP contribution in [0.5, 0.6) is 11.5 Å². The lowest BCUT2D eigenvalue weighted by Gasteiger charge is -2.32. The second-order valence-electron chi connectivity index (χ2n) is 6.21. The van der Waals surface area contributed by atoms with Gasteiger partial charge in [0.05, 0.1) is 19.2 Å². The zero-order valence-corrected chi connectivity index (χ0v) is 15.1. The molecule has 0 spiro atoms. The lowest BCUT2D eigenvalue weighted by Crippen LogP contribution is -2.57. The summed E-state index contributed by atoms with van der Waals surface area (Å²) in [6.45, 7) is -0.830. The first kappa shape index (κ1) is 20.6. The number of halogens is 4. The van der Waals surface area contributed by atoms with Gasteiger partial charge in [-0.3, -0.25) is 4.79 Å². The highest BCUT2D eigenvalue weighted by Gasteiger charge is 2.63. The van der Waals surface area contributed by atoms with Crippen molar-refractivity contribution in [3.05, 3.63) is 59.9 Å². The molecule has 154 valence electrons. The molecule has 6 nitrogen and oxygen atoms in total. The van der Waals surface area contributed by atoms with Gasteiger partial charge in [-0.25, -0.2) is 4.39 Å². The zero-order valence-electron chi connectivity index (χ0n) is 15.1. The van der Waals surface area contributed by atoms with Crippen LogP contribution >= 0.6 is 0 Å². The highest BCUT2D eigenvalue weighted by Crippen LogP contribution is 2.41. The molecule has 0 saturated carbocycles. The van der Waals surface area contributed by atoms with Crippen LogP contribution in [0.15, 0.2) is 53.6 Å². The Balaban J connectivity index is 1.83. The van der Waals surface area contributed by atoms with Gasteiger partial charge in [0.25, 0.3) is 11.6 Å². The van der Waals surface area contributed by atoms with Crippen molar-refractivity contribution in [1.82, 2.24) is 5.01 Å². The van der Waals surface area contributed by atoms with E-state index in [1.165, 1.54) is 43.5 Å². The maximum Gasteiger partial charge on any atom is 0.438 e. The molecule has 1 atom stereocenters. The van der Waals surface area contributed by atoms with Gasteiger partial charge in [0, 0.05) is 0 Å². The number of benzene rings is 2. The van der Waals surface area contributed by atoms with Crippen molar-refractivity contribution < 1.29 is 36.9 Å². The van der Waals surface area contributed by atoms with Gasteiger partial charge in [0.2, 0.25) is 0 Å². The van der Waals surface area contributed by atoms with E-state index in [2.05, 4.69) is 5.10 Å². The van der Waals surface area contributed by atoms with E-state index in [9.17, 15) is 27.5 Å². The molecule has 0 unspecified atom stereocenters. The molecule has 1 N–H and O–H groups in total. The predicted molar refractivity (Wildman–Crippen MR) is 93.9 cm³/mol. The van der Waals surface area contributed by atoms with Crippen molar-refractivity contribution >= 4 is 11.6 Å². The topological polar surface area (TPSA) is 71.4 Å². The Hall–Kier alpha value is -3.14. The summed E-state index contributed by atoms with van der Waals surface area (Å²) in [7, 11) is 1.44. The van der Waals surface area contributed by atoms with Crippen LogP contribution in [0.2, 0.25) is 0 Å². The molecule has 1 aliphatic heterocycles. The number of aliphatic hydroxyl groups is 1. The maximum atomic E-state index is 13.6. The quantitative estimate of drug-likeness (QED) is 0.767. The molecule has 29 heavy (non-hydrogen) atoms. The molecule has 3 rings (SSSR count). The summed E-state index contributed by atoms with van der Waals surface area (Å²) in [5, 5.41) is 14.0. The largest absolute Gasteiger partial charge is 0.497 e. The second kappa shape index (κ2) is 7.70. The molecular formula is C19H16F4N2O4.